The van der Waals surface area contributed by atoms with Crippen molar-refractivity contribution in [2.75, 3.05) is 33.9 Å². The van der Waals surface area contributed by atoms with Crippen LogP contribution in [-0.2, 0) is 38.3 Å². The number of methoxy groups -OCH3 is 2. The Balaban J connectivity index is 1.60. The molecule has 0 heterocycles. The van der Waals surface area contributed by atoms with Crippen LogP contribution in [0, 0.1) is 35.5 Å². The number of carbonyl (C=O) groups excluding carboxylic acids is 3. The molecule has 0 bridgehead atoms. The molecule has 0 spiro atoms. The Morgan fingerprint density at radius 2 is 1.26 bits per heavy atom. The molecular weight excluding hydrogens is 500 g/mol. The van der Waals surface area contributed by atoms with Crippen molar-refractivity contribution in [3.8, 4) is 0 Å². The number of aliphatic carboxylic acids is 2. The molecule has 6 unspecified atom stereocenters. The molecule has 12 nitrogen and oxygen atoms in total. The Morgan fingerprint density at radius 1 is 0.711 bits per heavy atom. The van der Waals surface area contributed by atoms with Crippen LogP contribution < -0.4 is 10.8 Å². The molecule has 0 aromatic carbocycles. The normalized spacial score (nSPS) is 27.2. The molecule has 1 amide bonds. The van der Waals surface area contributed by atoms with Gasteiger partial charge in [0.05, 0.1) is 50.4 Å². The molecule has 2 aliphatic rings. The Hall–Kier alpha value is -2.73. The van der Waals surface area contributed by atoms with Crippen LogP contribution in [0.4, 0.5) is 0 Å². The van der Waals surface area contributed by atoms with Gasteiger partial charge in [-0.15, -0.1) is 0 Å². The van der Waals surface area contributed by atoms with Crippen molar-refractivity contribution >= 4 is 29.8 Å². The average molecular weight is 543 g/mol. The molecule has 4 N–H and O–H groups in total. The highest BCUT2D eigenvalue weighted by atomic mass is 16.6. The van der Waals surface area contributed by atoms with E-state index in [1.165, 1.54) is 14.2 Å². The van der Waals surface area contributed by atoms with Crippen molar-refractivity contribution in [3.05, 3.63) is 0 Å². The molecule has 0 aromatic rings. The standard InChI is InChI=1S/C26H42N2O10/c1-36-25(34)16-7-9-19(23(30)31)18(13-16)15-38-28-12-6-4-3-5-11-27-22(29)21-14-17(26(35)37-2)8-10-20(21)24(32)33/h16-21,28H,3-15H2,1-2H3,(H,27,29)(H,30,31)(H,32,33). The lowest BCUT2D eigenvalue weighted by Gasteiger charge is -2.32. The number of nitrogens with one attached hydrogen (secondary N) is 2. The highest BCUT2D eigenvalue weighted by Crippen LogP contribution is 2.36. The predicted octanol–water partition coefficient (Wildman–Crippen LogP) is 1.76. The van der Waals surface area contributed by atoms with Crippen LogP contribution in [0.25, 0.3) is 0 Å². The topological polar surface area (TPSA) is 178 Å². The zero-order chi connectivity index (χ0) is 28.1. The van der Waals surface area contributed by atoms with Gasteiger partial charge in [-0.1, -0.05) is 12.8 Å². The molecule has 6 atom stereocenters. The Kier molecular flexibility index (Phi) is 13.5. The maximum atomic E-state index is 12.6. The summed E-state index contributed by atoms with van der Waals surface area (Å²) in [7, 11) is 2.62. The Labute approximate surface area is 223 Å². The summed E-state index contributed by atoms with van der Waals surface area (Å²) in [6.45, 7) is 1.20. The van der Waals surface area contributed by atoms with Gasteiger partial charge in [-0.05, 0) is 57.3 Å². The van der Waals surface area contributed by atoms with Crippen molar-refractivity contribution in [2.24, 2.45) is 35.5 Å². The summed E-state index contributed by atoms with van der Waals surface area (Å²) in [5.74, 6) is -6.06. The summed E-state index contributed by atoms with van der Waals surface area (Å²) >= 11 is 0. The van der Waals surface area contributed by atoms with Gasteiger partial charge in [0.15, 0.2) is 0 Å². The minimum Gasteiger partial charge on any atom is -0.481 e. The molecule has 12 heteroatoms. The SMILES string of the molecule is COC(=O)C1CCC(C(=O)O)C(CONCCCCCCNC(=O)C2CC(C(=O)OC)CCC2C(=O)O)C1. The van der Waals surface area contributed by atoms with E-state index in [0.29, 0.717) is 38.8 Å². The first-order valence-corrected chi connectivity index (χ1v) is 13.4. The van der Waals surface area contributed by atoms with Crippen LogP contribution in [-0.4, -0.2) is 73.9 Å². The van der Waals surface area contributed by atoms with E-state index in [9.17, 15) is 34.2 Å². The highest BCUT2D eigenvalue weighted by molar-refractivity contribution is 5.86. The van der Waals surface area contributed by atoms with E-state index in [4.69, 9.17) is 14.3 Å². The van der Waals surface area contributed by atoms with Gasteiger partial charge in [0, 0.05) is 13.1 Å². The van der Waals surface area contributed by atoms with E-state index >= 15 is 0 Å². The maximum absolute atomic E-state index is 12.6. The van der Waals surface area contributed by atoms with Gasteiger partial charge in [-0.3, -0.25) is 24.0 Å². The molecule has 2 rings (SSSR count). The van der Waals surface area contributed by atoms with Crippen LogP contribution in [0.15, 0.2) is 0 Å². The summed E-state index contributed by atoms with van der Waals surface area (Å²) in [6, 6.07) is 0. The third kappa shape index (κ3) is 9.54. The fourth-order valence-corrected chi connectivity index (χ4v) is 5.55. The van der Waals surface area contributed by atoms with Crippen molar-refractivity contribution < 1.29 is 48.5 Å². The van der Waals surface area contributed by atoms with Crippen LogP contribution in [0.2, 0.25) is 0 Å². The van der Waals surface area contributed by atoms with Gasteiger partial charge in [0.25, 0.3) is 0 Å². The number of ether oxygens (including phenoxy) is 2. The number of carboxylic acid groups (broad SMARTS) is 2. The van der Waals surface area contributed by atoms with Crippen LogP contribution in [0.3, 0.4) is 0 Å². The molecule has 216 valence electrons. The van der Waals surface area contributed by atoms with Gasteiger partial charge >= 0.3 is 23.9 Å². The quantitative estimate of drug-likeness (QED) is 0.135. The molecule has 2 fully saturated rings. The highest BCUT2D eigenvalue weighted by Gasteiger charge is 2.42. The number of hydrogen-bond acceptors (Lipinski definition) is 9. The lowest BCUT2D eigenvalue weighted by Crippen LogP contribution is -2.43. The van der Waals surface area contributed by atoms with Crippen molar-refractivity contribution in [2.45, 2.75) is 64.2 Å². The van der Waals surface area contributed by atoms with Gasteiger partial charge in [0.1, 0.15) is 0 Å². The number of unbranched alkanes of at least 4 members (excludes halogenated alkanes) is 3. The first kappa shape index (κ1) is 31.5. The number of hydroxylamine groups is 1. The number of hydrogen-bond donors (Lipinski definition) is 4. The Bertz CT molecular complexity index is 820. The number of esters is 2. The molecule has 0 radical (unpaired) electrons. The second-order valence-electron chi connectivity index (χ2n) is 10.2. The maximum Gasteiger partial charge on any atom is 0.308 e. The number of carbonyl (C=O) groups is 5. The number of amides is 1. The zero-order valence-corrected chi connectivity index (χ0v) is 22.3. The lowest BCUT2D eigenvalue weighted by atomic mass is 9.73. The van der Waals surface area contributed by atoms with Gasteiger partial charge in [-0.2, -0.15) is 0 Å². The van der Waals surface area contributed by atoms with Crippen molar-refractivity contribution in [3.63, 3.8) is 0 Å². The first-order chi connectivity index (χ1) is 18.2. The summed E-state index contributed by atoms with van der Waals surface area (Å²) in [4.78, 5) is 64.9. The minimum atomic E-state index is -1.02. The van der Waals surface area contributed by atoms with E-state index in [1.807, 2.05) is 0 Å². The second kappa shape index (κ2) is 16.3. The fraction of sp³-hybridized carbons (Fsp3) is 0.808. The van der Waals surface area contributed by atoms with Crippen LogP contribution in [0.5, 0.6) is 0 Å². The smallest absolute Gasteiger partial charge is 0.308 e. The van der Waals surface area contributed by atoms with E-state index in [-0.39, 0.29) is 43.2 Å². The van der Waals surface area contributed by atoms with E-state index in [0.717, 1.165) is 25.7 Å². The summed E-state index contributed by atoms with van der Waals surface area (Å²) in [6.07, 6.45) is 5.48. The zero-order valence-electron chi connectivity index (χ0n) is 22.3. The molecule has 38 heavy (non-hydrogen) atoms. The monoisotopic (exact) mass is 542 g/mol. The van der Waals surface area contributed by atoms with Crippen molar-refractivity contribution in [1.29, 1.82) is 0 Å². The third-order valence-corrected chi connectivity index (χ3v) is 7.78. The number of carboxylic acids is 2. The summed E-state index contributed by atoms with van der Waals surface area (Å²) in [5.41, 5.74) is 2.86. The molecule has 2 aliphatic carbocycles. The molecule has 0 aromatic heterocycles. The summed E-state index contributed by atoms with van der Waals surface area (Å²) < 4.78 is 9.56. The van der Waals surface area contributed by atoms with E-state index in [1.54, 1.807) is 0 Å². The molecular formula is C26H42N2O10. The number of rotatable bonds is 15. The average Bonchev–Trinajstić information content (AvgIpc) is 2.92. The Morgan fingerprint density at radius 3 is 1.84 bits per heavy atom. The largest absolute Gasteiger partial charge is 0.481 e. The third-order valence-electron chi connectivity index (χ3n) is 7.78. The predicted molar refractivity (Wildman–Crippen MR) is 133 cm³/mol. The molecule has 0 saturated heterocycles. The van der Waals surface area contributed by atoms with Gasteiger partial charge in [0.2, 0.25) is 5.91 Å². The van der Waals surface area contributed by atoms with Crippen LogP contribution >= 0.6 is 0 Å². The molecule has 0 aliphatic heterocycles. The fourth-order valence-electron chi connectivity index (χ4n) is 5.55. The van der Waals surface area contributed by atoms with E-state index in [2.05, 4.69) is 10.8 Å². The lowest BCUT2D eigenvalue weighted by molar-refractivity contribution is -0.155. The second-order valence-corrected chi connectivity index (χ2v) is 10.2. The van der Waals surface area contributed by atoms with Gasteiger partial charge in [-0.25, -0.2) is 5.48 Å². The van der Waals surface area contributed by atoms with Crippen LogP contribution in [0.1, 0.15) is 64.2 Å². The minimum absolute atomic E-state index is 0.179. The summed E-state index contributed by atoms with van der Waals surface area (Å²) in [5, 5.41) is 21.7. The van der Waals surface area contributed by atoms with E-state index < -0.39 is 41.6 Å². The van der Waals surface area contributed by atoms with Gasteiger partial charge < -0.3 is 29.8 Å². The molecule has 2 saturated carbocycles. The first-order valence-electron chi connectivity index (χ1n) is 13.4. The van der Waals surface area contributed by atoms with Crippen molar-refractivity contribution in [1.82, 2.24) is 10.8 Å².